The summed E-state index contributed by atoms with van der Waals surface area (Å²) in [6.07, 6.45) is 1.68. The standard InChI is InChI=1S/C23H25N5O5/c1-14-6-7-16(12-17(14)33-13-29-2)25-23-26-20-8-9-24-22(28(20)27-23)15-10-18(30-3)21(32-5)19(11-15)31-4/h6-12H,13H2,1-5H3,(H,25,27). The molecule has 0 saturated heterocycles. The molecule has 0 atom stereocenters. The van der Waals surface area contributed by atoms with Crippen LogP contribution in [0.2, 0.25) is 0 Å². The first-order valence-corrected chi connectivity index (χ1v) is 10.1. The molecule has 0 unspecified atom stereocenters. The molecule has 0 amide bonds. The van der Waals surface area contributed by atoms with E-state index in [1.54, 1.807) is 45.2 Å². The summed E-state index contributed by atoms with van der Waals surface area (Å²) < 4.78 is 28.6. The minimum atomic E-state index is 0.167. The van der Waals surface area contributed by atoms with Crippen LogP contribution in [0.5, 0.6) is 23.0 Å². The molecule has 2 heterocycles. The lowest BCUT2D eigenvalue weighted by molar-refractivity contribution is 0.0507. The van der Waals surface area contributed by atoms with Crippen molar-refractivity contribution in [1.29, 1.82) is 0 Å². The van der Waals surface area contributed by atoms with Gasteiger partial charge in [0.05, 0.1) is 21.3 Å². The molecule has 0 fully saturated rings. The summed E-state index contributed by atoms with van der Waals surface area (Å²) in [6, 6.07) is 11.2. The molecule has 10 heteroatoms. The Labute approximate surface area is 191 Å². The van der Waals surface area contributed by atoms with Crippen LogP contribution >= 0.6 is 0 Å². The molecule has 0 aliphatic rings. The summed E-state index contributed by atoms with van der Waals surface area (Å²) >= 11 is 0. The maximum absolute atomic E-state index is 5.61. The van der Waals surface area contributed by atoms with Gasteiger partial charge in [0.2, 0.25) is 11.7 Å². The minimum absolute atomic E-state index is 0.167. The lowest BCUT2D eigenvalue weighted by atomic mass is 10.1. The Morgan fingerprint density at radius 2 is 1.67 bits per heavy atom. The topological polar surface area (TPSA) is 101 Å². The molecule has 0 saturated carbocycles. The van der Waals surface area contributed by atoms with Gasteiger partial charge in [0, 0.05) is 36.7 Å². The molecule has 10 nitrogen and oxygen atoms in total. The highest BCUT2D eigenvalue weighted by molar-refractivity contribution is 5.69. The van der Waals surface area contributed by atoms with Crippen LogP contribution in [0.1, 0.15) is 5.56 Å². The van der Waals surface area contributed by atoms with E-state index in [9.17, 15) is 0 Å². The smallest absolute Gasteiger partial charge is 0.247 e. The van der Waals surface area contributed by atoms with Gasteiger partial charge in [0.15, 0.2) is 29.8 Å². The van der Waals surface area contributed by atoms with Crippen LogP contribution in [-0.4, -0.2) is 54.8 Å². The first-order valence-electron chi connectivity index (χ1n) is 10.1. The summed E-state index contributed by atoms with van der Waals surface area (Å²) in [5, 5.41) is 7.82. The third-order valence-corrected chi connectivity index (χ3v) is 4.95. The third kappa shape index (κ3) is 4.46. The second-order valence-corrected chi connectivity index (χ2v) is 7.04. The number of benzene rings is 2. The van der Waals surface area contributed by atoms with Gasteiger partial charge in [0.25, 0.3) is 0 Å². The van der Waals surface area contributed by atoms with Crippen LogP contribution in [0.3, 0.4) is 0 Å². The number of nitrogens with one attached hydrogen (secondary N) is 1. The SMILES string of the molecule is COCOc1cc(Nc2nc3ccnc(-c4cc(OC)c(OC)c(OC)c4)n3n2)ccc1C. The van der Waals surface area contributed by atoms with Crippen molar-refractivity contribution in [2.75, 3.05) is 40.5 Å². The third-order valence-electron chi connectivity index (χ3n) is 4.95. The highest BCUT2D eigenvalue weighted by Crippen LogP contribution is 2.40. The predicted molar refractivity (Wildman–Crippen MR) is 123 cm³/mol. The van der Waals surface area contributed by atoms with E-state index in [4.69, 9.17) is 23.7 Å². The molecule has 0 aliphatic heterocycles. The fraction of sp³-hybridized carbons (Fsp3) is 0.261. The zero-order valence-corrected chi connectivity index (χ0v) is 19.1. The molecule has 0 spiro atoms. The van der Waals surface area contributed by atoms with Crippen LogP contribution in [0.25, 0.3) is 17.0 Å². The average Bonchev–Trinajstić information content (AvgIpc) is 3.25. The molecule has 1 N–H and O–H groups in total. The van der Waals surface area contributed by atoms with Crippen molar-refractivity contribution in [1.82, 2.24) is 19.6 Å². The Balaban J connectivity index is 1.71. The number of aromatic nitrogens is 4. The van der Waals surface area contributed by atoms with Crippen LogP contribution in [-0.2, 0) is 4.74 Å². The number of ether oxygens (including phenoxy) is 5. The van der Waals surface area contributed by atoms with E-state index in [0.717, 1.165) is 16.8 Å². The molecular formula is C23H25N5O5. The Morgan fingerprint density at radius 1 is 0.909 bits per heavy atom. The summed E-state index contributed by atoms with van der Waals surface area (Å²) in [4.78, 5) is 9.09. The van der Waals surface area contributed by atoms with Crippen molar-refractivity contribution in [3.8, 4) is 34.4 Å². The van der Waals surface area contributed by atoms with Gasteiger partial charge in [-0.3, -0.25) is 0 Å². The highest BCUT2D eigenvalue weighted by Gasteiger charge is 2.18. The fourth-order valence-corrected chi connectivity index (χ4v) is 3.36. The maximum atomic E-state index is 5.61. The van der Waals surface area contributed by atoms with Crippen molar-refractivity contribution < 1.29 is 23.7 Å². The second kappa shape index (κ2) is 9.61. The van der Waals surface area contributed by atoms with Gasteiger partial charge in [-0.05, 0) is 30.7 Å². The summed E-state index contributed by atoms with van der Waals surface area (Å²) in [5.74, 6) is 3.24. The number of nitrogens with zero attached hydrogens (tertiary/aromatic N) is 4. The number of anilines is 2. The number of rotatable bonds is 9. The number of hydrogen-bond donors (Lipinski definition) is 1. The summed E-state index contributed by atoms with van der Waals surface area (Å²) in [6.45, 7) is 2.13. The highest BCUT2D eigenvalue weighted by atomic mass is 16.7. The number of fused-ring (bicyclic) bond motifs is 1. The van der Waals surface area contributed by atoms with E-state index in [1.807, 2.05) is 37.3 Å². The first kappa shape index (κ1) is 22.2. The molecular weight excluding hydrogens is 426 g/mol. The quantitative estimate of drug-likeness (QED) is 0.380. The predicted octanol–water partition coefficient (Wildman–Crippen LogP) is 3.85. The Kier molecular flexibility index (Phi) is 6.45. The van der Waals surface area contributed by atoms with E-state index in [2.05, 4.69) is 20.4 Å². The van der Waals surface area contributed by atoms with Crippen molar-refractivity contribution in [2.24, 2.45) is 0 Å². The molecule has 4 rings (SSSR count). The van der Waals surface area contributed by atoms with Crippen LogP contribution in [0, 0.1) is 6.92 Å². The van der Waals surface area contributed by atoms with E-state index in [1.165, 1.54) is 0 Å². The van der Waals surface area contributed by atoms with Gasteiger partial charge >= 0.3 is 0 Å². The molecule has 2 aromatic heterocycles. The van der Waals surface area contributed by atoms with E-state index in [-0.39, 0.29) is 6.79 Å². The normalized spacial score (nSPS) is 10.8. The van der Waals surface area contributed by atoms with Gasteiger partial charge in [-0.15, -0.1) is 5.10 Å². The lowest BCUT2D eigenvalue weighted by Gasteiger charge is -2.14. The maximum Gasteiger partial charge on any atom is 0.247 e. The molecule has 0 aliphatic carbocycles. The van der Waals surface area contributed by atoms with Gasteiger partial charge in [-0.25, -0.2) is 4.98 Å². The molecule has 172 valence electrons. The number of methoxy groups -OCH3 is 4. The van der Waals surface area contributed by atoms with Crippen molar-refractivity contribution in [2.45, 2.75) is 6.92 Å². The zero-order chi connectivity index (χ0) is 23.4. The largest absolute Gasteiger partial charge is 0.493 e. The zero-order valence-electron chi connectivity index (χ0n) is 19.1. The number of aryl methyl sites for hydroxylation is 1. The van der Waals surface area contributed by atoms with Crippen molar-refractivity contribution in [3.05, 3.63) is 48.2 Å². The van der Waals surface area contributed by atoms with Crippen LogP contribution in [0.4, 0.5) is 11.6 Å². The van der Waals surface area contributed by atoms with Crippen molar-refractivity contribution in [3.63, 3.8) is 0 Å². The minimum Gasteiger partial charge on any atom is -0.493 e. The molecule has 4 aromatic rings. The van der Waals surface area contributed by atoms with Gasteiger partial charge in [-0.2, -0.15) is 9.50 Å². The van der Waals surface area contributed by atoms with Gasteiger partial charge < -0.3 is 29.0 Å². The monoisotopic (exact) mass is 451 g/mol. The van der Waals surface area contributed by atoms with Crippen LogP contribution < -0.4 is 24.3 Å². The molecule has 2 aromatic carbocycles. The Hall–Kier alpha value is -4.05. The van der Waals surface area contributed by atoms with E-state index in [0.29, 0.717) is 40.4 Å². The van der Waals surface area contributed by atoms with E-state index >= 15 is 0 Å². The summed E-state index contributed by atoms with van der Waals surface area (Å²) in [7, 11) is 6.28. The fourth-order valence-electron chi connectivity index (χ4n) is 3.36. The van der Waals surface area contributed by atoms with Crippen LogP contribution in [0.15, 0.2) is 42.6 Å². The summed E-state index contributed by atoms with van der Waals surface area (Å²) in [5.41, 5.74) is 3.13. The van der Waals surface area contributed by atoms with Gasteiger partial charge in [0.1, 0.15) is 5.75 Å². The average molecular weight is 451 g/mol. The second-order valence-electron chi connectivity index (χ2n) is 7.04. The molecule has 0 bridgehead atoms. The first-order chi connectivity index (χ1) is 16.1. The lowest BCUT2D eigenvalue weighted by Crippen LogP contribution is -2.02. The molecule has 0 radical (unpaired) electrons. The molecule has 33 heavy (non-hydrogen) atoms. The van der Waals surface area contributed by atoms with E-state index < -0.39 is 0 Å². The Morgan fingerprint density at radius 3 is 2.33 bits per heavy atom. The Bertz CT molecular complexity index is 1250. The number of hydrogen-bond acceptors (Lipinski definition) is 9. The van der Waals surface area contributed by atoms with Gasteiger partial charge in [-0.1, -0.05) is 6.07 Å². The van der Waals surface area contributed by atoms with Crippen molar-refractivity contribution >= 4 is 17.3 Å².